The molecule has 0 radical (unpaired) electrons. The number of amides is 1. The van der Waals surface area contributed by atoms with Crippen molar-refractivity contribution in [1.82, 2.24) is 0 Å². The predicted octanol–water partition coefficient (Wildman–Crippen LogP) is 3.45. The molecule has 0 unspecified atom stereocenters. The standard InChI is InChI=1S/C15H15FN2OS/c1-10-3-2-4-11(7-10)18-15(19)9-20-12-5-6-14(17)13(16)8-12/h2-8H,9,17H2,1H3,(H,18,19). The lowest BCUT2D eigenvalue weighted by atomic mass is 10.2. The van der Waals surface area contributed by atoms with Crippen LogP contribution in [0.4, 0.5) is 15.8 Å². The monoisotopic (exact) mass is 290 g/mol. The number of benzene rings is 2. The van der Waals surface area contributed by atoms with Gasteiger partial charge in [0, 0.05) is 10.6 Å². The molecule has 1 amide bonds. The summed E-state index contributed by atoms with van der Waals surface area (Å²) in [7, 11) is 0. The minimum absolute atomic E-state index is 0.110. The number of carbonyl (C=O) groups excluding carboxylic acids is 1. The maximum absolute atomic E-state index is 13.3. The van der Waals surface area contributed by atoms with Gasteiger partial charge >= 0.3 is 0 Å². The molecule has 0 spiro atoms. The molecule has 0 fully saturated rings. The lowest BCUT2D eigenvalue weighted by molar-refractivity contribution is -0.113. The molecule has 104 valence electrons. The third-order valence-electron chi connectivity index (χ3n) is 2.64. The third kappa shape index (κ3) is 3.99. The number of hydrogen-bond donors (Lipinski definition) is 2. The lowest BCUT2D eigenvalue weighted by Gasteiger charge is -2.06. The number of rotatable bonds is 4. The molecule has 3 nitrogen and oxygen atoms in total. The molecular formula is C15H15FN2OS. The SMILES string of the molecule is Cc1cccc(NC(=O)CSc2ccc(N)c(F)c2)c1. The van der Waals surface area contributed by atoms with Crippen LogP contribution < -0.4 is 11.1 Å². The molecule has 0 aliphatic carbocycles. The van der Waals surface area contributed by atoms with Crippen LogP contribution in [-0.4, -0.2) is 11.7 Å². The van der Waals surface area contributed by atoms with Gasteiger partial charge in [-0.15, -0.1) is 11.8 Å². The largest absolute Gasteiger partial charge is 0.396 e. The van der Waals surface area contributed by atoms with Gasteiger partial charge in [0.15, 0.2) is 0 Å². The molecule has 0 aliphatic rings. The first-order chi connectivity index (χ1) is 9.54. The highest BCUT2D eigenvalue weighted by atomic mass is 32.2. The van der Waals surface area contributed by atoms with E-state index in [1.54, 1.807) is 6.07 Å². The highest BCUT2D eigenvalue weighted by Gasteiger charge is 2.05. The van der Waals surface area contributed by atoms with Crippen LogP contribution in [-0.2, 0) is 4.79 Å². The molecule has 0 heterocycles. The van der Waals surface area contributed by atoms with Gasteiger partial charge in [-0.05, 0) is 42.8 Å². The maximum Gasteiger partial charge on any atom is 0.234 e. The molecule has 0 saturated heterocycles. The zero-order valence-corrected chi connectivity index (χ0v) is 11.8. The van der Waals surface area contributed by atoms with Crippen LogP contribution >= 0.6 is 11.8 Å². The van der Waals surface area contributed by atoms with E-state index < -0.39 is 5.82 Å². The van der Waals surface area contributed by atoms with Gasteiger partial charge in [-0.2, -0.15) is 0 Å². The van der Waals surface area contributed by atoms with Crippen LogP contribution in [0.1, 0.15) is 5.56 Å². The Kier molecular flexibility index (Phi) is 4.63. The Bertz CT molecular complexity index is 631. The second kappa shape index (κ2) is 6.43. The number of nitrogens with one attached hydrogen (secondary N) is 1. The Morgan fingerprint density at radius 3 is 2.80 bits per heavy atom. The number of nitrogens with two attached hydrogens (primary N) is 1. The molecule has 0 saturated carbocycles. The molecule has 20 heavy (non-hydrogen) atoms. The topological polar surface area (TPSA) is 55.1 Å². The molecule has 2 aromatic carbocycles. The van der Waals surface area contributed by atoms with Crippen molar-refractivity contribution >= 4 is 29.0 Å². The van der Waals surface area contributed by atoms with E-state index in [0.29, 0.717) is 4.90 Å². The molecular weight excluding hydrogens is 275 g/mol. The molecule has 0 aromatic heterocycles. The van der Waals surface area contributed by atoms with Crippen molar-refractivity contribution in [1.29, 1.82) is 0 Å². The second-order valence-corrected chi connectivity index (χ2v) is 5.44. The first-order valence-electron chi connectivity index (χ1n) is 6.09. The quantitative estimate of drug-likeness (QED) is 0.670. The minimum Gasteiger partial charge on any atom is -0.396 e. The first-order valence-corrected chi connectivity index (χ1v) is 7.07. The second-order valence-electron chi connectivity index (χ2n) is 4.39. The van der Waals surface area contributed by atoms with Gasteiger partial charge in [0.05, 0.1) is 11.4 Å². The fourth-order valence-corrected chi connectivity index (χ4v) is 2.39. The van der Waals surface area contributed by atoms with Gasteiger partial charge in [-0.1, -0.05) is 12.1 Å². The fraction of sp³-hybridized carbons (Fsp3) is 0.133. The minimum atomic E-state index is -0.464. The highest BCUT2D eigenvalue weighted by molar-refractivity contribution is 8.00. The average Bonchev–Trinajstić information content (AvgIpc) is 2.40. The lowest BCUT2D eigenvalue weighted by Crippen LogP contribution is -2.13. The third-order valence-corrected chi connectivity index (χ3v) is 3.64. The van der Waals surface area contributed by atoms with E-state index in [2.05, 4.69) is 5.32 Å². The number of anilines is 2. The van der Waals surface area contributed by atoms with Crippen molar-refractivity contribution < 1.29 is 9.18 Å². The van der Waals surface area contributed by atoms with Crippen LogP contribution in [0.5, 0.6) is 0 Å². The molecule has 3 N–H and O–H groups in total. The summed E-state index contributed by atoms with van der Waals surface area (Å²) in [5.74, 6) is -0.371. The summed E-state index contributed by atoms with van der Waals surface area (Å²) in [6.45, 7) is 1.96. The Hall–Kier alpha value is -2.01. The number of carbonyl (C=O) groups is 1. The van der Waals surface area contributed by atoms with Crippen LogP contribution in [0, 0.1) is 12.7 Å². The summed E-state index contributed by atoms with van der Waals surface area (Å²) in [4.78, 5) is 12.5. The number of hydrogen-bond acceptors (Lipinski definition) is 3. The molecule has 2 rings (SSSR count). The van der Waals surface area contributed by atoms with Crippen molar-refractivity contribution in [2.45, 2.75) is 11.8 Å². The Morgan fingerprint density at radius 1 is 1.30 bits per heavy atom. The summed E-state index contributed by atoms with van der Waals surface area (Å²) >= 11 is 1.27. The molecule has 5 heteroatoms. The summed E-state index contributed by atoms with van der Waals surface area (Å²) in [5.41, 5.74) is 7.35. The van der Waals surface area contributed by atoms with E-state index in [9.17, 15) is 9.18 Å². The van der Waals surface area contributed by atoms with E-state index in [0.717, 1.165) is 11.3 Å². The summed E-state index contributed by atoms with van der Waals surface area (Å²) < 4.78 is 13.3. The Morgan fingerprint density at radius 2 is 2.10 bits per heavy atom. The van der Waals surface area contributed by atoms with Gasteiger partial charge in [-0.25, -0.2) is 4.39 Å². The fourth-order valence-electron chi connectivity index (χ4n) is 1.67. The van der Waals surface area contributed by atoms with E-state index in [1.807, 2.05) is 31.2 Å². The van der Waals surface area contributed by atoms with Crippen molar-refractivity contribution in [3.05, 3.63) is 53.8 Å². The highest BCUT2D eigenvalue weighted by Crippen LogP contribution is 2.22. The van der Waals surface area contributed by atoms with Crippen LogP contribution in [0.2, 0.25) is 0 Å². The maximum atomic E-state index is 13.3. The normalized spacial score (nSPS) is 10.3. The Labute approximate surface area is 121 Å². The smallest absolute Gasteiger partial charge is 0.234 e. The summed E-state index contributed by atoms with van der Waals surface area (Å²) in [6, 6.07) is 12.1. The van der Waals surface area contributed by atoms with Gasteiger partial charge in [-0.3, -0.25) is 4.79 Å². The average molecular weight is 290 g/mol. The Balaban J connectivity index is 1.90. The van der Waals surface area contributed by atoms with Crippen molar-refractivity contribution in [2.24, 2.45) is 0 Å². The van der Waals surface area contributed by atoms with E-state index in [4.69, 9.17) is 5.73 Å². The molecule has 2 aromatic rings. The van der Waals surface area contributed by atoms with E-state index in [1.165, 1.54) is 23.9 Å². The van der Waals surface area contributed by atoms with Gasteiger partial charge in [0.2, 0.25) is 5.91 Å². The van der Waals surface area contributed by atoms with Crippen molar-refractivity contribution in [3.63, 3.8) is 0 Å². The van der Waals surface area contributed by atoms with Crippen molar-refractivity contribution in [2.75, 3.05) is 16.8 Å². The number of halogens is 1. The zero-order valence-electron chi connectivity index (χ0n) is 11.0. The molecule has 0 bridgehead atoms. The van der Waals surface area contributed by atoms with Crippen LogP contribution in [0.25, 0.3) is 0 Å². The summed E-state index contributed by atoms with van der Waals surface area (Å²) in [5, 5.41) is 2.80. The predicted molar refractivity (Wildman–Crippen MR) is 81.3 cm³/mol. The zero-order chi connectivity index (χ0) is 14.5. The van der Waals surface area contributed by atoms with Gasteiger partial charge in [0.1, 0.15) is 5.82 Å². The number of aryl methyl sites for hydroxylation is 1. The molecule has 0 atom stereocenters. The summed E-state index contributed by atoms with van der Waals surface area (Å²) in [6.07, 6.45) is 0. The number of nitrogen functional groups attached to an aromatic ring is 1. The number of thioether (sulfide) groups is 1. The van der Waals surface area contributed by atoms with Gasteiger partial charge in [0.25, 0.3) is 0 Å². The van der Waals surface area contributed by atoms with Crippen molar-refractivity contribution in [3.8, 4) is 0 Å². The molecule has 0 aliphatic heterocycles. The van der Waals surface area contributed by atoms with E-state index >= 15 is 0 Å². The van der Waals surface area contributed by atoms with Gasteiger partial charge < -0.3 is 11.1 Å². The first kappa shape index (κ1) is 14.4. The van der Waals surface area contributed by atoms with E-state index in [-0.39, 0.29) is 17.3 Å². The van der Waals surface area contributed by atoms with Crippen LogP contribution in [0.3, 0.4) is 0 Å². The van der Waals surface area contributed by atoms with Crippen LogP contribution in [0.15, 0.2) is 47.4 Å².